The van der Waals surface area contributed by atoms with Gasteiger partial charge in [0.25, 0.3) is 0 Å². The zero-order valence-corrected chi connectivity index (χ0v) is 12.0. The molecule has 0 aromatic rings. The number of unbranched alkanes of at least 4 members (excludes halogenated alkanes) is 7. The predicted octanol–water partition coefficient (Wildman–Crippen LogP) is 5.18. The standard InChI is InChI=1S/C16H33N/c1-2-3-4-5-6-7-8-10-13-16(17)14-11-9-12-15-16/h2-15,17H2,1H3. The lowest BCUT2D eigenvalue weighted by atomic mass is 9.79. The van der Waals surface area contributed by atoms with Gasteiger partial charge in [0, 0.05) is 5.54 Å². The number of hydrogen-bond acceptors (Lipinski definition) is 1. The van der Waals surface area contributed by atoms with Gasteiger partial charge in [0.15, 0.2) is 0 Å². The van der Waals surface area contributed by atoms with E-state index in [0.717, 1.165) is 0 Å². The van der Waals surface area contributed by atoms with Crippen LogP contribution in [0.1, 0.15) is 96.8 Å². The summed E-state index contributed by atoms with van der Waals surface area (Å²) >= 11 is 0. The quantitative estimate of drug-likeness (QED) is 0.551. The van der Waals surface area contributed by atoms with Crippen molar-refractivity contribution in [3.05, 3.63) is 0 Å². The SMILES string of the molecule is CCCCCCCCCCC1(N)CCCCC1. The Morgan fingerprint density at radius 1 is 0.765 bits per heavy atom. The average molecular weight is 239 g/mol. The van der Waals surface area contributed by atoms with Gasteiger partial charge in [0.1, 0.15) is 0 Å². The van der Waals surface area contributed by atoms with E-state index in [1.807, 2.05) is 0 Å². The highest BCUT2D eigenvalue weighted by atomic mass is 14.7. The van der Waals surface area contributed by atoms with Crippen LogP contribution in [-0.4, -0.2) is 5.54 Å². The van der Waals surface area contributed by atoms with Crippen molar-refractivity contribution in [2.75, 3.05) is 0 Å². The maximum atomic E-state index is 6.44. The Morgan fingerprint density at radius 3 is 1.88 bits per heavy atom. The number of hydrogen-bond donors (Lipinski definition) is 1. The molecule has 0 heterocycles. The van der Waals surface area contributed by atoms with E-state index in [9.17, 15) is 0 Å². The molecule has 0 saturated heterocycles. The van der Waals surface area contributed by atoms with Crippen LogP contribution in [0.2, 0.25) is 0 Å². The summed E-state index contributed by atoms with van der Waals surface area (Å²) in [6, 6.07) is 0. The van der Waals surface area contributed by atoms with Crippen molar-refractivity contribution >= 4 is 0 Å². The zero-order valence-electron chi connectivity index (χ0n) is 12.0. The first-order valence-electron chi connectivity index (χ1n) is 8.06. The lowest BCUT2D eigenvalue weighted by Gasteiger charge is -2.33. The Balaban J connectivity index is 1.89. The van der Waals surface area contributed by atoms with Crippen LogP contribution in [0.5, 0.6) is 0 Å². The molecule has 102 valence electrons. The van der Waals surface area contributed by atoms with Crippen LogP contribution in [0.4, 0.5) is 0 Å². The molecule has 1 fully saturated rings. The maximum Gasteiger partial charge on any atom is 0.0154 e. The molecule has 0 aromatic heterocycles. The molecule has 1 aliphatic carbocycles. The van der Waals surface area contributed by atoms with Gasteiger partial charge in [0.2, 0.25) is 0 Å². The smallest absolute Gasteiger partial charge is 0.0154 e. The predicted molar refractivity (Wildman–Crippen MR) is 77.2 cm³/mol. The third-order valence-corrected chi connectivity index (χ3v) is 4.38. The van der Waals surface area contributed by atoms with E-state index in [0.29, 0.717) is 0 Å². The van der Waals surface area contributed by atoms with Crippen LogP contribution in [-0.2, 0) is 0 Å². The number of nitrogens with two attached hydrogens (primary N) is 1. The second kappa shape index (κ2) is 8.97. The molecule has 1 nitrogen and oxygen atoms in total. The summed E-state index contributed by atoms with van der Waals surface area (Å²) in [6.07, 6.45) is 19.3. The van der Waals surface area contributed by atoms with Gasteiger partial charge in [-0.05, 0) is 19.3 Å². The Labute approximate surface area is 109 Å². The second-order valence-electron chi connectivity index (χ2n) is 6.15. The van der Waals surface area contributed by atoms with E-state index < -0.39 is 0 Å². The van der Waals surface area contributed by atoms with Gasteiger partial charge < -0.3 is 5.73 Å². The van der Waals surface area contributed by atoms with Crippen molar-refractivity contribution < 1.29 is 0 Å². The Morgan fingerprint density at radius 2 is 1.29 bits per heavy atom. The van der Waals surface area contributed by atoms with Gasteiger partial charge in [-0.25, -0.2) is 0 Å². The Kier molecular flexibility index (Phi) is 7.92. The Bertz CT molecular complexity index is 170. The van der Waals surface area contributed by atoms with Crippen LogP contribution >= 0.6 is 0 Å². The van der Waals surface area contributed by atoms with Gasteiger partial charge >= 0.3 is 0 Å². The minimum Gasteiger partial charge on any atom is -0.325 e. The van der Waals surface area contributed by atoms with Crippen molar-refractivity contribution in [1.29, 1.82) is 0 Å². The Hall–Kier alpha value is -0.0400. The average Bonchev–Trinajstić information content (AvgIpc) is 2.33. The molecule has 1 heteroatoms. The minimum absolute atomic E-state index is 0.223. The summed E-state index contributed by atoms with van der Waals surface area (Å²) < 4.78 is 0. The molecule has 0 unspecified atom stereocenters. The molecule has 2 N–H and O–H groups in total. The molecule has 0 atom stereocenters. The molecule has 0 aromatic carbocycles. The molecule has 1 saturated carbocycles. The molecule has 0 aliphatic heterocycles. The lowest BCUT2D eigenvalue weighted by molar-refractivity contribution is 0.269. The van der Waals surface area contributed by atoms with Gasteiger partial charge in [-0.2, -0.15) is 0 Å². The van der Waals surface area contributed by atoms with E-state index in [1.165, 1.54) is 89.9 Å². The van der Waals surface area contributed by atoms with Gasteiger partial charge in [-0.3, -0.25) is 0 Å². The fourth-order valence-corrected chi connectivity index (χ4v) is 3.12. The highest BCUT2D eigenvalue weighted by Gasteiger charge is 2.26. The molecular formula is C16H33N. The van der Waals surface area contributed by atoms with Crippen LogP contribution in [0, 0.1) is 0 Å². The van der Waals surface area contributed by atoms with Crippen molar-refractivity contribution in [1.82, 2.24) is 0 Å². The molecule has 1 aliphatic rings. The van der Waals surface area contributed by atoms with Gasteiger partial charge in [-0.15, -0.1) is 0 Å². The van der Waals surface area contributed by atoms with Gasteiger partial charge in [-0.1, -0.05) is 77.6 Å². The fraction of sp³-hybridized carbons (Fsp3) is 1.00. The molecule has 1 rings (SSSR count). The highest BCUT2D eigenvalue weighted by Crippen LogP contribution is 2.30. The van der Waals surface area contributed by atoms with E-state index in [1.54, 1.807) is 0 Å². The normalized spacial score (nSPS) is 19.4. The van der Waals surface area contributed by atoms with Crippen LogP contribution in [0.15, 0.2) is 0 Å². The van der Waals surface area contributed by atoms with Crippen molar-refractivity contribution in [2.24, 2.45) is 5.73 Å². The molecule has 17 heavy (non-hydrogen) atoms. The summed E-state index contributed by atoms with van der Waals surface area (Å²) in [5, 5.41) is 0. The molecular weight excluding hydrogens is 206 g/mol. The van der Waals surface area contributed by atoms with E-state index in [2.05, 4.69) is 6.92 Å². The first kappa shape index (κ1) is 15.0. The third-order valence-electron chi connectivity index (χ3n) is 4.38. The van der Waals surface area contributed by atoms with E-state index in [-0.39, 0.29) is 5.54 Å². The third kappa shape index (κ3) is 7.08. The van der Waals surface area contributed by atoms with Crippen LogP contribution in [0.25, 0.3) is 0 Å². The number of rotatable bonds is 9. The first-order chi connectivity index (χ1) is 8.27. The summed E-state index contributed by atoms with van der Waals surface area (Å²) in [5.41, 5.74) is 6.66. The van der Waals surface area contributed by atoms with Crippen molar-refractivity contribution in [3.63, 3.8) is 0 Å². The van der Waals surface area contributed by atoms with E-state index >= 15 is 0 Å². The van der Waals surface area contributed by atoms with Crippen LogP contribution < -0.4 is 5.73 Å². The summed E-state index contributed by atoms with van der Waals surface area (Å²) in [6.45, 7) is 2.28. The zero-order chi connectivity index (χ0) is 12.4. The molecule has 0 amide bonds. The van der Waals surface area contributed by atoms with Crippen molar-refractivity contribution in [3.8, 4) is 0 Å². The topological polar surface area (TPSA) is 26.0 Å². The summed E-state index contributed by atoms with van der Waals surface area (Å²) in [4.78, 5) is 0. The van der Waals surface area contributed by atoms with Crippen molar-refractivity contribution in [2.45, 2.75) is 102 Å². The minimum atomic E-state index is 0.223. The summed E-state index contributed by atoms with van der Waals surface area (Å²) in [5.74, 6) is 0. The monoisotopic (exact) mass is 239 g/mol. The largest absolute Gasteiger partial charge is 0.325 e. The molecule has 0 bridgehead atoms. The fourth-order valence-electron chi connectivity index (χ4n) is 3.12. The highest BCUT2D eigenvalue weighted by molar-refractivity contribution is 4.86. The second-order valence-corrected chi connectivity index (χ2v) is 6.15. The van der Waals surface area contributed by atoms with E-state index in [4.69, 9.17) is 5.73 Å². The molecule has 0 radical (unpaired) electrons. The summed E-state index contributed by atoms with van der Waals surface area (Å²) in [7, 11) is 0. The lowest BCUT2D eigenvalue weighted by Crippen LogP contribution is -2.41. The molecule has 0 spiro atoms. The van der Waals surface area contributed by atoms with Gasteiger partial charge in [0.05, 0.1) is 0 Å². The van der Waals surface area contributed by atoms with Crippen LogP contribution in [0.3, 0.4) is 0 Å². The first-order valence-corrected chi connectivity index (χ1v) is 8.06. The maximum absolute atomic E-state index is 6.44.